The summed E-state index contributed by atoms with van der Waals surface area (Å²) in [6, 6.07) is 12.7. The summed E-state index contributed by atoms with van der Waals surface area (Å²) in [5, 5.41) is 13.7. The van der Waals surface area contributed by atoms with Gasteiger partial charge in [0.25, 0.3) is 5.91 Å². The normalized spacial score (nSPS) is 10.3. The van der Waals surface area contributed by atoms with E-state index in [1.165, 1.54) is 11.0 Å². The van der Waals surface area contributed by atoms with E-state index >= 15 is 0 Å². The van der Waals surface area contributed by atoms with Gasteiger partial charge >= 0.3 is 0 Å². The zero-order valence-electron chi connectivity index (χ0n) is 13.8. The third kappa shape index (κ3) is 4.11. The van der Waals surface area contributed by atoms with E-state index in [0.717, 1.165) is 11.3 Å². The molecule has 0 saturated heterocycles. The van der Waals surface area contributed by atoms with E-state index in [0.29, 0.717) is 17.2 Å². The van der Waals surface area contributed by atoms with Gasteiger partial charge in [-0.3, -0.25) is 4.79 Å². The van der Waals surface area contributed by atoms with Crippen molar-refractivity contribution in [1.82, 2.24) is 20.2 Å². The van der Waals surface area contributed by atoms with Gasteiger partial charge in [0.15, 0.2) is 18.1 Å². The Balaban J connectivity index is 1.58. The molecule has 0 spiro atoms. The molecule has 128 valence electrons. The van der Waals surface area contributed by atoms with Crippen LogP contribution in [0.2, 0.25) is 0 Å². The molecule has 0 aliphatic carbocycles. The number of amides is 1. The molecule has 0 aliphatic rings. The molecular weight excluding hydrogens is 322 g/mol. The van der Waals surface area contributed by atoms with Crippen molar-refractivity contribution in [2.24, 2.45) is 0 Å². The van der Waals surface area contributed by atoms with Gasteiger partial charge in [-0.15, -0.1) is 5.10 Å². The Hall–Kier alpha value is -3.42. The van der Waals surface area contributed by atoms with Gasteiger partial charge in [0.1, 0.15) is 6.33 Å². The number of anilines is 1. The maximum Gasteiger partial charge on any atom is 0.262 e. The second-order valence-electron chi connectivity index (χ2n) is 5.29. The van der Waals surface area contributed by atoms with Crippen molar-refractivity contribution in [1.29, 1.82) is 0 Å². The van der Waals surface area contributed by atoms with Crippen LogP contribution in [0, 0.1) is 6.92 Å². The fourth-order valence-corrected chi connectivity index (χ4v) is 2.21. The average Bonchev–Trinajstić information content (AvgIpc) is 3.16. The van der Waals surface area contributed by atoms with Gasteiger partial charge in [0.05, 0.1) is 12.8 Å². The predicted octanol–water partition coefficient (Wildman–Crippen LogP) is 2.00. The van der Waals surface area contributed by atoms with Gasteiger partial charge in [-0.25, -0.2) is 4.68 Å². The molecule has 3 rings (SSSR count). The summed E-state index contributed by atoms with van der Waals surface area (Å²) in [5.74, 6) is 0.855. The van der Waals surface area contributed by atoms with E-state index in [1.54, 1.807) is 37.4 Å². The fraction of sp³-hybridized carbons (Fsp3) is 0.176. The van der Waals surface area contributed by atoms with Crippen molar-refractivity contribution < 1.29 is 14.3 Å². The Kier molecular flexibility index (Phi) is 4.89. The van der Waals surface area contributed by atoms with Crippen LogP contribution in [0.25, 0.3) is 5.69 Å². The van der Waals surface area contributed by atoms with E-state index in [1.807, 2.05) is 19.1 Å². The molecule has 0 atom stereocenters. The Labute approximate surface area is 144 Å². The standard InChI is InChI=1S/C17H17N5O3/c1-12-3-8-15(16(9-12)24-2)25-10-17(23)19-13-4-6-14(7-5-13)22-11-18-20-21-22/h3-9,11H,10H2,1-2H3,(H,19,23). The Morgan fingerprint density at radius 3 is 2.64 bits per heavy atom. The SMILES string of the molecule is COc1cc(C)ccc1OCC(=O)Nc1ccc(-n2cnnn2)cc1. The van der Waals surface area contributed by atoms with Crippen molar-refractivity contribution >= 4 is 11.6 Å². The van der Waals surface area contributed by atoms with Crippen LogP contribution in [0.5, 0.6) is 11.5 Å². The minimum Gasteiger partial charge on any atom is -0.493 e. The molecule has 3 aromatic rings. The number of ether oxygens (including phenoxy) is 2. The van der Waals surface area contributed by atoms with Crippen LogP contribution >= 0.6 is 0 Å². The van der Waals surface area contributed by atoms with Crippen molar-refractivity contribution in [3.8, 4) is 17.2 Å². The van der Waals surface area contributed by atoms with Crippen LogP contribution < -0.4 is 14.8 Å². The number of tetrazole rings is 1. The summed E-state index contributed by atoms with van der Waals surface area (Å²) in [4.78, 5) is 12.1. The molecule has 1 N–H and O–H groups in total. The average molecular weight is 339 g/mol. The zero-order valence-corrected chi connectivity index (χ0v) is 13.8. The molecule has 0 unspecified atom stereocenters. The zero-order chi connectivity index (χ0) is 17.6. The monoisotopic (exact) mass is 339 g/mol. The third-order valence-electron chi connectivity index (χ3n) is 3.44. The topological polar surface area (TPSA) is 91.2 Å². The van der Waals surface area contributed by atoms with Crippen molar-refractivity contribution in [3.63, 3.8) is 0 Å². The molecule has 1 heterocycles. The van der Waals surface area contributed by atoms with Gasteiger partial charge in [-0.1, -0.05) is 6.07 Å². The number of hydrogen-bond donors (Lipinski definition) is 1. The number of aromatic nitrogens is 4. The maximum atomic E-state index is 12.1. The minimum atomic E-state index is -0.266. The van der Waals surface area contributed by atoms with E-state index in [9.17, 15) is 4.79 Å². The van der Waals surface area contributed by atoms with Crippen LogP contribution in [0.4, 0.5) is 5.69 Å². The lowest BCUT2D eigenvalue weighted by molar-refractivity contribution is -0.118. The molecule has 0 fully saturated rings. The minimum absolute atomic E-state index is 0.117. The molecule has 0 saturated carbocycles. The van der Waals surface area contributed by atoms with E-state index < -0.39 is 0 Å². The molecule has 25 heavy (non-hydrogen) atoms. The first-order valence-corrected chi connectivity index (χ1v) is 7.56. The molecule has 8 nitrogen and oxygen atoms in total. The lowest BCUT2D eigenvalue weighted by Crippen LogP contribution is -2.20. The largest absolute Gasteiger partial charge is 0.493 e. The molecule has 0 aliphatic heterocycles. The summed E-state index contributed by atoms with van der Waals surface area (Å²) in [5.41, 5.74) is 2.50. The molecule has 1 amide bonds. The number of rotatable bonds is 6. The second-order valence-corrected chi connectivity index (χ2v) is 5.29. The summed E-state index contributed by atoms with van der Waals surface area (Å²) < 4.78 is 12.3. The lowest BCUT2D eigenvalue weighted by Gasteiger charge is -2.11. The van der Waals surface area contributed by atoms with Gasteiger partial charge < -0.3 is 14.8 Å². The Morgan fingerprint density at radius 1 is 1.16 bits per heavy atom. The van der Waals surface area contributed by atoms with Crippen LogP contribution in [0.3, 0.4) is 0 Å². The third-order valence-corrected chi connectivity index (χ3v) is 3.44. The number of benzene rings is 2. The number of nitrogens with zero attached hydrogens (tertiary/aromatic N) is 4. The number of carbonyl (C=O) groups is 1. The van der Waals surface area contributed by atoms with Crippen LogP contribution in [0.15, 0.2) is 48.8 Å². The summed E-state index contributed by atoms with van der Waals surface area (Å²) in [6.45, 7) is 1.84. The number of hydrogen-bond acceptors (Lipinski definition) is 6. The molecule has 0 radical (unpaired) electrons. The Morgan fingerprint density at radius 2 is 1.96 bits per heavy atom. The molecule has 8 heteroatoms. The summed E-state index contributed by atoms with van der Waals surface area (Å²) >= 11 is 0. The Bertz CT molecular complexity index is 847. The molecule has 1 aromatic heterocycles. The van der Waals surface area contributed by atoms with Gasteiger partial charge in [-0.05, 0) is 59.3 Å². The van der Waals surface area contributed by atoms with Crippen LogP contribution in [0.1, 0.15) is 5.56 Å². The molecule has 0 bridgehead atoms. The first-order chi connectivity index (χ1) is 12.2. The first kappa shape index (κ1) is 16.4. The van der Waals surface area contributed by atoms with E-state index in [2.05, 4.69) is 20.8 Å². The first-order valence-electron chi connectivity index (χ1n) is 7.56. The van der Waals surface area contributed by atoms with Crippen LogP contribution in [-0.4, -0.2) is 39.8 Å². The van der Waals surface area contributed by atoms with Crippen molar-refractivity contribution in [3.05, 3.63) is 54.4 Å². The van der Waals surface area contributed by atoms with E-state index in [4.69, 9.17) is 9.47 Å². The smallest absolute Gasteiger partial charge is 0.262 e. The van der Waals surface area contributed by atoms with E-state index in [-0.39, 0.29) is 12.5 Å². The summed E-state index contributed by atoms with van der Waals surface area (Å²) in [7, 11) is 1.56. The highest BCUT2D eigenvalue weighted by Gasteiger charge is 2.08. The summed E-state index contributed by atoms with van der Waals surface area (Å²) in [6.07, 6.45) is 1.50. The lowest BCUT2D eigenvalue weighted by atomic mass is 10.2. The predicted molar refractivity (Wildman–Crippen MR) is 91.0 cm³/mol. The number of methoxy groups -OCH3 is 1. The highest BCUT2D eigenvalue weighted by molar-refractivity contribution is 5.92. The van der Waals surface area contributed by atoms with Crippen LogP contribution in [-0.2, 0) is 4.79 Å². The number of aryl methyl sites for hydroxylation is 1. The maximum absolute atomic E-state index is 12.1. The second kappa shape index (κ2) is 7.43. The van der Waals surface area contributed by atoms with Crippen molar-refractivity contribution in [2.75, 3.05) is 19.0 Å². The molecular formula is C17H17N5O3. The van der Waals surface area contributed by atoms with Gasteiger partial charge in [0.2, 0.25) is 0 Å². The highest BCUT2D eigenvalue weighted by Crippen LogP contribution is 2.27. The fourth-order valence-electron chi connectivity index (χ4n) is 2.21. The van der Waals surface area contributed by atoms with Crippen molar-refractivity contribution in [2.45, 2.75) is 6.92 Å². The number of nitrogens with one attached hydrogen (secondary N) is 1. The quantitative estimate of drug-likeness (QED) is 0.738. The van der Waals surface area contributed by atoms with Gasteiger partial charge in [-0.2, -0.15) is 0 Å². The number of carbonyl (C=O) groups excluding carboxylic acids is 1. The highest BCUT2D eigenvalue weighted by atomic mass is 16.5. The van der Waals surface area contributed by atoms with Gasteiger partial charge in [0, 0.05) is 5.69 Å². The molecule has 2 aromatic carbocycles.